The molecule has 0 aromatic heterocycles. The third kappa shape index (κ3) is 2.07. The Labute approximate surface area is 99.9 Å². The number of hydrogen-bond donors (Lipinski definition) is 1. The Morgan fingerprint density at radius 1 is 1.31 bits per heavy atom. The van der Waals surface area contributed by atoms with E-state index in [4.69, 9.17) is 0 Å². The molecule has 0 unspecified atom stereocenters. The van der Waals surface area contributed by atoms with Gasteiger partial charge in [-0.3, -0.25) is 0 Å². The summed E-state index contributed by atoms with van der Waals surface area (Å²) in [6.07, 6.45) is 5.07. The van der Waals surface area contributed by atoms with Crippen molar-refractivity contribution in [2.24, 2.45) is 23.2 Å². The molecule has 2 aliphatic carbocycles. The van der Waals surface area contributed by atoms with Gasteiger partial charge in [0, 0.05) is 12.5 Å². The summed E-state index contributed by atoms with van der Waals surface area (Å²) in [6.45, 7) is 9.79. The second kappa shape index (κ2) is 4.18. The monoisotopic (exact) mass is 222 g/mol. The molecule has 1 saturated carbocycles. The lowest BCUT2D eigenvalue weighted by atomic mass is 9.84. The van der Waals surface area contributed by atoms with Gasteiger partial charge in [0.1, 0.15) is 0 Å². The summed E-state index contributed by atoms with van der Waals surface area (Å²) >= 11 is 0. The molecule has 92 valence electrons. The first-order valence-corrected chi connectivity index (χ1v) is 6.75. The SMILES string of the molecule is CC1=C2CC(C)(C)C[C@@H]2[C@H](C)CC[C@H]1CO. The van der Waals surface area contributed by atoms with E-state index in [1.54, 1.807) is 5.57 Å². The molecule has 0 bridgehead atoms. The van der Waals surface area contributed by atoms with Gasteiger partial charge >= 0.3 is 0 Å². The first-order chi connectivity index (χ1) is 7.44. The van der Waals surface area contributed by atoms with Gasteiger partial charge in [0.2, 0.25) is 0 Å². The molecule has 0 spiro atoms. The van der Waals surface area contributed by atoms with Crippen molar-refractivity contribution >= 4 is 0 Å². The van der Waals surface area contributed by atoms with E-state index in [0.717, 1.165) is 11.8 Å². The zero-order valence-corrected chi connectivity index (χ0v) is 11.2. The Hall–Kier alpha value is -0.300. The molecule has 1 heteroatoms. The van der Waals surface area contributed by atoms with Crippen LogP contribution in [0, 0.1) is 23.2 Å². The molecule has 2 rings (SSSR count). The number of rotatable bonds is 1. The Kier molecular flexibility index (Phi) is 3.18. The van der Waals surface area contributed by atoms with E-state index in [2.05, 4.69) is 27.7 Å². The molecule has 2 aliphatic rings. The zero-order chi connectivity index (χ0) is 11.9. The maximum atomic E-state index is 9.49. The maximum absolute atomic E-state index is 9.49. The van der Waals surface area contributed by atoms with Crippen LogP contribution in [0.5, 0.6) is 0 Å². The van der Waals surface area contributed by atoms with Crippen molar-refractivity contribution in [2.45, 2.75) is 53.4 Å². The van der Waals surface area contributed by atoms with Crippen molar-refractivity contribution in [2.75, 3.05) is 6.61 Å². The first-order valence-electron chi connectivity index (χ1n) is 6.75. The fourth-order valence-corrected chi connectivity index (χ4v) is 3.79. The topological polar surface area (TPSA) is 20.2 Å². The highest BCUT2D eigenvalue weighted by Crippen LogP contribution is 2.52. The fourth-order valence-electron chi connectivity index (χ4n) is 3.79. The molecule has 0 aliphatic heterocycles. The fraction of sp³-hybridized carbons (Fsp3) is 0.867. The summed E-state index contributed by atoms with van der Waals surface area (Å²) in [6, 6.07) is 0. The van der Waals surface area contributed by atoms with Gasteiger partial charge in [-0.1, -0.05) is 31.9 Å². The Balaban J connectivity index is 2.34. The second-order valence-electron chi connectivity index (χ2n) is 6.79. The third-order valence-electron chi connectivity index (χ3n) is 4.89. The number of allylic oxidation sites excluding steroid dienone is 1. The van der Waals surface area contributed by atoms with Gasteiger partial charge in [-0.2, -0.15) is 0 Å². The van der Waals surface area contributed by atoms with Crippen molar-refractivity contribution in [1.82, 2.24) is 0 Å². The molecule has 0 radical (unpaired) electrons. The van der Waals surface area contributed by atoms with E-state index in [-0.39, 0.29) is 0 Å². The van der Waals surface area contributed by atoms with Gasteiger partial charge in [0.15, 0.2) is 0 Å². The molecule has 0 amide bonds. The van der Waals surface area contributed by atoms with Crippen LogP contribution in [0.15, 0.2) is 11.1 Å². The van der Waals surface area contributed by atoms with Crippen molar-refractivity contribution < 1.29 is 5.11 Å². The van der Waals surface area contributed by atoms with Crippen LogP contribution >= 0.6 is 0 Å². The number of aliphatic hydroxyl groups is 1. The van der Waals surface area contributed by atoms with Gasteiger partial charge in [0.05, 0.1) is 0 Å². The molecule has 1 N–H and O–H groups in total. The van der Waals surface area contributed by atoms with Crippen molar-refractivity contribution in [3.8, 4) is 0 Å². The molecule has 0 heterocycles. The van der Waals surface area contributed by atoms with E-state index < -0.39 is 0 Å². The summed E-state index contributed by atoms with van der Waals surface area (Å²) in [5.74, 6) is 2.05. The summed E-state index contributed by atoms with van der Waals surface area (Å²) in [7, 11) is 0. The van der Waals surface area contributed by atoms with Crippen LogP contribution in [-0.4, -0.2) is 11.7 Å². The average Bonchev–Trinajstić information content (AvgIpc) is 2.50. The third-order valence-corrected chi connectivity index (χ3v) is 4.89. The van der Waals surface area contributed by atoms with Crippen LogP contribution in [-0.2, 0) is 0 Å². The standard InChI is InChI=1S/C15H26O/c1-10-5-6-12(9-16)11(2)14-8-15(3,4)7-13(10)14/h10,12-13,16H,5-9H2,1-4H3/t10-,12+,13-/m1/s1. The number of hydrogen-bond acceptors (Lipinski definition) is 1. The molecule has 3 atom stereocenters. The van der Waals surface area contributed by atoms with Gasteiger partial charge in [-0.15, -0.1) is 0 Å². The number of aliphatic hydroxyl groups excluding tert-OH is 1. The predicted molar refractivity (Wildman–Crippen MR) is 68.2 cm³/mol. The van der Waals surface area contributed by atoms with E-state index in [1.165, 1.54) is 31.3 Å². The van der Waals surface area contributed by atoms with Crippen molar-refractivity contribution in [3.63, 3.8) is 0 Å². The summed E-state index contributed by atoms with van der Waals surface area (Å²) in [4.78, 5) is 0. The van der Waals surface area contributed by atoms with Gasteiger partial charge in [-0.05, 0) is 49.9 Å². The van der Waals surface area contributed by atoms with Crippen LogP contribution in [0.25, 0.3) is 0 Å². The second-order valence-corrected chi connectivity index (χ2v) is 6.79. The Morgan fingerprint density at radius 2 is 2.00 bits per heavy atom. The molecular formula is C15H26O. The highest BCUT2D eigenvalue weighted by atomic mass is 16.3. The minimum absolute atomic E-state index is 0.342. The van der Waals surface area contributed by atoms with Crippen molar-refractivity contribution in [1.29, 1.82) is 0 Å². The van der Waals surface area contributed by atoms with Crippen molar-refractivity contribution in [3.05, 3.63) is 11.1 Å². The highest BCUT2D eigenvalue weighted by molar-refractivity contribution is 5.26. The van der Waals surface area contributed by atoms with E-state index >= 15 is 0 Å². The maximum Gasteiger partial charge on any atom is 0.0496 e. The Bertz CT molecular complexity index is 301. The van der Waals surface area contributed by atoms with Gasteiger partial charge in [0.25, 0.3) is 0 Å². The minimum atomic E-state index is 0.342. The smallest absolute Gasteiger partial charge is 0.0496 e. The zero-order valence-electron chi connectivity index (χ0n) is 11.2. The first kappa shape index (κ1) is 12.2. The van der Waals surface area contributed by atoms with E-state index in [9.17, 15) is 5.11 Å². The van der Waals surface area contributed by atoms with Gasteiger partial charge in [-0.25, -0.2) is 0 Å². The quantitative estimate of drug-likeness (QED) is 0.669. The highest BCUT2D eigenvalue weighted by Gasteiger charge is 2.40. The molecular weight excluding hydrogens is 196 g/mol. The molecule has 1 fully saturated rings. The molecule has 0 aromatic rings. The van der Waals surface area contributed by atoms with Crippen LogP contribution in [0.3, 0.4) is 0 Å². The average molecular weight is 222 g/mol. The van der Waals surface area contributed by atoms with E-state index in [0.29, 0.717) is 17.9 Å². The lowest BCUT2D eigenvalue weighted by Gasteiger charge is -2.21. The van der Waals surface area contributed by atoms with Gasteiger partial charge < -0.3 is 5.11 Å². The largest absolute Gasteiger partial charge is 0.396 e. The van der Waals surface area contributed by atoms with Crippen LogP contribution < -0.4 is 0 Å². The number of fused-ring (bicyclic) bond motifs is 1. The van der Waals surface area contributed by atoms with Crippen LogP contribution in [0.1, 0.15) is 53.4 Å². The lowest BCUT2D eigenvalue weighted by molar-refractivity contribution is 0.229. The van der Waals surface area contributed by atoms with Crippen LogP contribution in [0.4, 0.5) is 0 Å². The summed E-state index contributed by atoms with van der Waals surface area (Å²) in [5, 5.41) is 9.49. The normalized spacial score (nSPS) is 38.4. The summed E-state index contributed by atoms with van der Waals surface area (Å²) in [5.41, 5.74) is 3.68. The molecule has 1 nitrogen and oxygen atoms in total. The minimum Gasteiger partial charge on any atom is -0.396 e. The molecule has 16 heavy (non-hydrogen) atoms. The predicted octanol–water partition coefficient (Wildman–Crippen LogP) is 3.78. The lowest BCUT2D eigenvalue weighted by Crippen LogP contribution is -2.11. The Morgan fingerprint density at radius 3 is 2.62 bits per heavy atom. The molecule has 0 aromatic carbocycles. The summed E-state index contributed by atoms with van der Waals surface area (Å²) < 4.78 is 0. The van der Waals surface area contributed by atoms with Crippen LogP contribution in [0.2, 0.25) is 0 Å². The van der Waals surface area contributed by atoms with E-state index in [1.807, 2.05) is 0 Å². The molecule has 0 saturated heterocycles.